The lowest BCUT2D eigenvalue weighted by atomic mass is 10.3. The highest BCUT2D eigenvalue weighted by atomic mass is 16.5. The molecule has 5 heteroatoms. The number of anilines is 1. The number of nitrogen functional groups attached to an aromatic ring is 1. The summed E-state index contributed by atoms with van der Waals surface area (Å²) in [4.78, 5) is 3.83. The number of methoxy groups -OCH3 is 1. The van der Waals surface area contributed by atoms with E-state index in [4.69, 9.17) is 10.5 Å². The van der Waals surface area contributed by atoms with Crippen molar-refractivity contribution in [3.05, 3.63) is 30.6 Å². The van der Waals surface area contributed by atoms with E-state index in [-0.39, 0.29) is 0 Å². The first-order valence-corrected chi connectivity index (χ1v) is 4.11. The van der Waals surface area contributed by atoms with Crippen molar-refractivity contribution >= 4 is 5.95 Å². The molecule has 5 nitrogen and oxygen atoms in total. The highest BCUT2D eigenvalue weighted by Gasteiger charge is 2.01. The second-order valence-electron chi connectivity index (χ2n) is 2.73. The van der Waals surface area contributed by atoms with Gasteiger partial charge in [-0.1, -0.05) is 0 Å². The predicted molar refractivity (Wildman–Crippen MR) is 52.3 cm³/mol. The fourth-order valence-corrected chi connectivity index (χ4v) is 1.17. The smallest absolute Gasteiger partial charge is 0.223 e. The van der Waals surface area contributed by atoms with Gasteiger partial charge in [-0.15, -0.1) is 0 Å². The number of nitrogens with zero attached hydrogens (tertiary/aromatic N) is 3. The minimum Gasteiger partial charge on any atom is -0.497 e. The van der Waals surface area contributed by atoms with Crippen molar-refractivity contribution in [3.8, 4) is 11.4 Å². The molecule has 0 unspecified atom stereocenters. The summed E-state index contributed by atoms with van der Waals surface area (Å²) in [5.74, 6) is 1.17. The van der Waals surface area contributed by atoms with E-state index in [1.54, 1.807) is 11.8 Å². The molecule has 2 N–H and O–H groups in total. The lowest BCUT2D eigenvalue weighted by Crippen LogP contribution is -2.01. The van der Waals surface area contributed by atoms with Gasteiger partial charge in [0.15, 0.2) is 0 Å². The van der Waals surface area contributed by atoms with E-state index in [1.165, 1.54) is 6.33 Å². The van der Waals surface area contributed by atoms with Gasteiger partial charge in [0.1, 0.15) is 12.1 Å². The lowest BCUT2D eigenvalue weighted by molar-refractivity contribution is 0.414. The molecule has 2 aromatic rings. The molecule has 72 valence electrons. The zero-order chi connectivity index (χ0) is 9.97. The Balaban J connectivity index is 2.39. The number of aromatic nitrogens is 3. The van der Waals surface area contributed by atoms with Crippen LogP contribution in [0.4, 0.5) is 5.95 Å². The monoisotopic (exact) mass is 190 g/mol. The Morgan fingerprint density at radius 1 is 1.29 bits per heavy atom. The zero-order valence-electron chi connectivity index (χ0n) is 7.71. The van der Waals surface area contributed by atoms with Crippen LogP contribution in [-0.2, 0) is 0 Å². The van der Waals surface area contributed by atoms with Crippen LogP contribution >= 0.6 is 0 Å². The molecule has 0 spiro atoms. The van der Waals surface area contributed by atoms with Crippen LogP contribution in [0.3, 0.4) is 0 Å². The normalized spacial score (nSPS) is 10.1. The van der Waals surface area contributed by atoms with Crippen LogP contribution in [0.2, 0.25) is 0 Å². The number of hydrogen-bond acceptors (Lipinski definition) is 4. The summed E-state index contributed by atoms with van der Waals surface area (Å²) in [5.41, 5.74) is 6.46. The van der Waals surface area contributed by atoms with E-state index < -0.39 is 0 Å². The summed E-state index contributed by atoms with van der Waals surface area (Å²) in [6.07, 6.45) is 1.42. The molecule has 0 atom stereocenters. The van der Waals surface area contributed by atoms with Gasteiger partial charge >= 0.3 is 0 Å². The molecule has 14 heavy (non-hydrogen) atoms. The van der Waals surface area contributed by atoms with Crippen LogP contribution in [-0.4, -0.2) is 21.9 Å². The Bertz CT molecular complexity index is 421. The van der Waals surface area contributed by atoms with Gasteiger partial charge in [0.2, 0.25) is 5.95 Å². The summed E-state index contributed by atoms with van der Waals surface area (Å²) in [5, 5.41) is 3.98. The topological polar surface area (TPSA) is 66.0 Å². The molecule has 0 saturated carbocycles. The van der Waals surface area contributed by atoms with Gasteiger partial charge in [-0.05, 0) is 24.3 Å². The van der Waals surface area contributed by atoms with E-state index in [0.717, 1.165) is 11.4 Å². The van der Waals surface area contributed by atoms with Crippen molar-refractivity contribution in [2.75, 3.05) is 12.8 Å². The van der Waals surface area contributed by atoms with Crippen molar-refractivity contribution in [1.29, 1.82) is 0 Å². The molecular weight excluding hydrogens is 180 g/mol. The Morgan fingerprint density at radius 3 is 2.50 bits per heavy atom. The van der Waals surface area contributed by atoms with Crippen LogP contribution in [0.5, 0.6) is 5.75 Å². The minimum atomic E-state index is 0.371. The van der Waals surface area contributed by atoms with Gasteiger partial charge in [-0.3, -0.25) is 0 Å². The number of benzene rings is 1. The lowest BCUT2D eigenvalue weighted by Gasteiger charge is -2.03. The van der Waals surface area contributed by atoms with E-state index in [1.807, 2.05) is 24.3 Å². The van der Waals surface area contributed by atoms with E-state index >= 15 is 0 Å². The van der Waals surface area contributed by atoms with Crippen molar-refractivity contribution < 1.29 is 4.74 Å². The van der Waals surface area contributed by atoms with Gasteiger partial charge < -0.3 is 10.5 Å². The predicted octanol–water partition coefficient (Wildman–Crippen LogP) is 0.858. The first kappa shape index (κ1) is 8.55. The van der Waals surface area contributed by atoms with Crippen LogP contribution in [0.1, 0.15) is 0 Å². The van der Waals surface area contributed by atoms with Gasteiger partial charge in [0.05, 0.1) is 12.8 Å². The summed E-state index contributed by atoms with van der Waals surface area (Å²) in [6.45, 7) is 0. The second-order valence-corrected chi connectivity index (χ2v) is 2.73. The van der Waals surface area contributed by atoms with E-state index in [0.29, 0.717) is 5.95 Å². The molecule has 0 aliphatic carbocycles. The van der Waals surface area contributed by atoms with Crippen molar-refractivity contribution in [2.24, 2.45) is 0 Å². The van der Waals surface area contributed by atoms with Crippen molar-refractivity contribution in [2.45, 2.75) is 0 Å². The molecule has 1 aromatic heterocycles. The average Bonchev–Trinajstić information content (AvgIpc) is 2.65. The SMILES string of the molecule is COc1ccc(-n2ncnc2N)cc1. The Morgan fingerprint density at radius 2 is 2.00 bits per heavy atom. The fourth-order valence-electron chi connectivity index (χ4n) is 1.17. The van der Waals surface area contributed by atoms with Gasteiger partial charge in [0, 0.05) is 0 Å². The Kier molecular flexibility index (Phi) is 2.06. The molecule has 0 aliphatic rings. The molecule has 0 radical (unpaired) electrons. The number of hydrogen-bond donors (Lipinski definition) is 1. The third-order valence-corrected chi connectivity index (χ3v) is 1.89. The van der Waals surface area contributed by atoms with Crippen LogP contribution in [0.25, 0.3) is 5.69 Å². The summed E-state index contributed by atoms with van der Waals surface area (Å²) < 4.78 is 6.60. The molecule has 2 rings (SSSR count). The molecule has 0 fully saturated rings. The van der Waals surface area contributed by atoms with Gasteiger partial charge in [0.25, 0.3) is 0 Å². The minimum absolute atomic E-state index is 0.371. The molecule has 0 bridgehead atoms. The molecule has 1 heterocycles. The third-order valence-electron chi connectivity index (χ3n) is 1.89. The highest BCUT2D eigenvalue weighted by Crippen LogP contribution is 2.15. The summed E-state index contributed by atoms with van der Waals surface area (Å²) in [6, 6.07) is 7.42. The van der Waals surface area contributed by atoms with Gasteiger partial charge in [-0.2, -0.15) is 14.8 Å². The maximum absolute atomic E-state index is 5.60. The maximum Gasteiger partial charge on any atom is 0.223 e. The summed E-state index contributed by atoms with van der Waals surface area (Å²) >= 11 is 0. The van der Waals surface area contributed by atoms with Gasteiger partial charge in [-0.25, -0.2) is 0 Å². The molecule has 0 saturated heterocycles. The Hall–Kier alpha value is -2.04. The first-order valence-electron chi connectivity index (χ1n) is 4.11. The van der Waals surface area contributed by atoms with Crippen LogP contribution in [0, 0.1) is 0 Å². The Labute approximate surface area is 81.1 Å². The highest BCUT2D eigenvalue weighted by molar-refractivity contribution is 5.40. The zero-order valence-corrected chi connectivity index (χ0v) is 7.71. The van der Waals surface area contributed by atoms with E-state index in [9.17, 15) is 0 Å². The molecule has 1 aromatic carbocycles. The maximum atomic E-state index is 5.60. The summed E-state index contributed by atoms with van der Waals surface area (Å²) in [7, 11) is 1.62. The standard InChI is InChI=1S/C9H10N4O/c1-14-8-4-2-7(3-5-8)13-9(10)11-6-12-13/h2-6H,1H3,(H2,10,11,12). The average molecular weight is 190 g/mol. The number of ether oxygens (including phenoxy) is 1. The second kappa shape index (κ2) is 3.37. The van der Waals surface area contributed by atoms with Crippen molar-refractivity contribution in [1.82, 2.24) is 14.8 Å². The quantitative estimate of drug-likeness (QED) is 0.762. The largest absolute Gasteiger partial charge is 0.497 e. The van der Waals surface area contributed by atoms with Crippen molar-refractivity contribution in [3.63, 3.8) is 0 Å². The first-order chi connectivity index (χ1) is 6.81. The number of nitrogens with two attached hydrogens (primary N) is 1. The van der Waals surface area contributed by atoms with Crippen LogP contribution in [0.15, 0.2) is 30.6 Å². The molecule has 0 aliphatic heterocycles. The molecule has 0 amide bonds. The third kappa shape index (κ3) is 1.39. The molecular formula is C9H10N4O. The van der Waals surface area contributed by atoms with E-state index in [2.05, 4.69) is 10.1 Å². The van der Waals surface area contributed by atoms with Crippen LogP contribution < -0.4 is 10.5 Å². The fraction of sp³-hybridized carbons (Fsp3) is 0.111. The number of rotatable bonds is 2.